The lowest BCUT2D eigenvalue weighted by molar-refractivity contribution is -0.140. The summed E-state index contributed by atoms with van der Waals surface area (Å²) >= 11 is 1.48. The topological polar surface area (TPSA) is 79.3 Å². The molecule has 1 aromatic heterocycles. The molecule has 2 aliphatic heterocycles. The Kier molecular flexibility index (Phi) is 8.26. The smallest absolute Gasteiger partial charge is 0.295 e. The van der Waals surface area contributed by atoms with Crippen molar-refractivity contribution in [1.29, 1.82) is 0 Å². The first-order valence-corrected chi connectivity index (χ1v) is 13.1. The normalized spacial score (nSPS) is 20.7. The fourth-order valence-corrected chi connectivity index (χ4v) is 5.39. The van der Waals surface area contributed by atoms with Gasteiger partial charge < -0.3 is 19.5 Å². The Labute approximate surface area is 210 Å². The highest BCUT2D eigenvalue weighted by Gasteiger charge is 2.46. The molecule has 0 unspecified atom stereocenters. The second kappa shape index (κ2) is 11.4. The van der Waals surface area contributed by atoms with Crippen LogP contribution < -0.4 is 4.74 Å². The number of ether oxygens (including phenoxy) is 2. The predicted octanol–water partition coefficient (Wildman–Crippen LogP) is 4.24. The minimum Gasteiger partial charge on any atom is -0.507 e. The Morgan fingerprint density at radius 3 is 2.63 bits per heavy atom. The number of rotatable bonds is 9. The lowest BCUT2D eigenvalue weighted by Crippen LogP contribution is -2.38. The van der Waals surface area contributed by atoms with Crippen molar-refractivity contribution in [3.05, 3.63) is 57.3 Å². The van der Waals surface area contributed by atoms with Gasteiger partial charge in [-0.25, -0.2) is 0 Å². The minimum atomic E-state index is -0.633. The summed E-state index contributed by atoms with van der Waals surface area (Å²) in [7, 11) is 0. The zero-order valence-corrected chi connectivity index (χ0v) is 21.5. The van der Waals surface area contributed by atoms with Gasteiger partial charge in [-0.15, -0.1) is 11.3 Å². The number of ketones is 1. The number of nitrogens with zero attached hydrogens (tertiary/aromatic N) is 2. The number of thiophene rings is 1. The SMILES string of the molecule is Cc1cc(OCC(C)C)ccc1/C(O)=C1\C(=O)C(=O)N(CCCN2CCOCC2)[C@@H]1c1cccs1. The lowest BCUT2D eigenvalue weighted by Gasteiger charge is -2.28. The number of Topliss-reactive ketones (excluding diaryl/α,β-unsaturated/α-hetero) is 1. The van der Waals surface area contributed by atoms with Crippen LogP contribution in [0.5, 0.6) is 5.75 Å². The Bertz CT molecular complexity index is 1070. The van der Waals surface area contributed by atoms with Crippen LogP contribution in [0.1, 0.15) is 42.3 Å². The molecule has 0 saturated carbocycles. The van der Waals surface area contributed by atoms with Gasteiger partial charge in [0.2, 0.25) is 0 Å². The third kappa shape index (κ3) is 5.77. The molecule has 0 spiro atoms. The number of aliphatic hydroxyl groups is 1. The van der Waals surface area contributed by atoms with Crippen LogP contribution in [0.3, 0.4) is 0 Å². The van der Waals surface area contributed by atoms with Crippen molar-refractivity contribution in [1.82, 2.24) is 9.80 Å². The number of hydrogen-bond acceptors (Lipinski definition) is 7. The maximum atomic E-state index is 13.2. The van der Waals surface area contributed by atoms with Crippen molar-refractivity contribution >= 4 is 28.8 Å². The second-order valence-electron chi connectivity index (χ2n) is 9.50. The van der Waals surface area contributed by atoms with Crippen molar-refractivity contribution in [3.63, 3.8) is 0 Å². The maximum Gasteiger partial charge on any atom is 0.295 e. The maximum absolute atomic E-state index is 13.2. The van der Waals surface area contributed by atoms with E-state index < -0.39 is 17.7 Å². The minimum absolute atomic E-state index is 0.134. The van der Waals surface area contributed by atoms with E-state index >= 15 is 0 Å². The van der Waals surface area contributed by atoms with E-state index in [2.05, 4.69) is 18.7 Å². The molecule has 1 atom stereocenters. The second-order valence-corrected chi connectivity index (χ2v) is 10.5. The molecule has 1 amide bonds. The van der Waals surface area contributed by atoms with Crippen molar-refractivity contribution in [3.8, 4) is 5.75 Å². The fourth-order valence-electron chi connectivity index (χ4n) is 4.54. The van der Waals surface area contributed by atoms with E-state index in [0.717, 1.165) is 49.7 Å². The summed E-state index contributed by atoms with van der Waals surface area (Å²) < 4.78 is 11.2. The lowest BCUT2D eigenvalue weighted by atomic mass is 9.97. The Hall–Kier alpha value is -2.68. The number of carbonyl (C=O) groups excluding carboxylic acids is 2. The molecule has 188 valence electrons. The van der Waals surface area contributed by atoms with Crippen LogP contribution in [-0.2, 0) is 14.3 Å². The molecule has 8 heteroatoms. The summed E-state index contributed by atoms with van der Waals surface area (Å²) in [6.07, 6.45) is 0.746. The highest BCUT2D eigenvalue weighted by Crippen LogP contribution is 2.41. The van der Waals surface area contributed by atoms with Crippen LogP contribution in [0, 0.1) is 12.8 Å². The van der Waals surface area contributed by atoms with Gasteiger partial charge in [-0.05, 0) is 54.5 Å². The molecule has 2 fully saturated rings. The number of aryl methyl sites for hydroxylation is 1. The monoisotopic (exact) mass is 498 g/mol. The van der Waals surface area contributed by atoms with Gasteiger partial charge in [0.25, 0.3) is 11.7 Å². The van der Waals surface area contributed by atoms with Crippen molar-refractivity contribution in [2.24, 2.45) is 5.92 Å². The molecule has 7 nitrogen and oxygen atoms in total. The third-order valence-electron chi connectivity index (χ3n) is 6.37. The van der Waals surface area contributed by atoms with Crippen molar-refractivity contribution in [2.45, 2.75) is 33.2 Å². The molecule has 2 saturated heterocycles. The van der Waals surface area contributed by atoms with Gasteiger partial charge in [0, 0.05) is 36.6 Å². The Balaban J connectivity index is 1.61. The van der Waals surface area contributed by atoms with E-state index in [9.17, 15) is 14.7 Å². The van der Waals surface area contributed by atoms with Crippen molar-refractivity contribution < 1.29 is 24.2 Å². The van der Waals surface area contributed by atoms with Gasteiger partial charge in [0.05, 0.1) is 31.4 Å². The van der Waals surface area contributed by atoms with E-state index in [1.54, 1.807) is 17.0 Å². The van der Waals surface area contributed by atoms with Crippen molar-refractivity contribution in [2.75, 3.05) is 46.0 Å². The first-order chi connectivity index (χ1) is 16.9. The van der Waals surface area contributed by atoms with Gasteiger partial charge >= 0.3 is 0 Å². The highest BCUT2D eigenvalue weighted by atomic mass is 32.1. The van der Waals surface area contributed by atoms with Crippen LogP contribution >= 0.6 is 11.3 Å². The quantitative estimate of drug-likeness (QED) is 0.317. The number of aliphatic hydroxyl groups excluding tert-OH is 1. The van der Waals surface area contributed by atoms with Crippen LogP contribution in [0.15, 0.2) is 41.3 Å². The molecular formula is C27H34N2O5S. The molecule has 1 N–H and O–H groups in total. The van der Waals surface area contributed by atoms with E-state index in [4.69, 9.17) is 9.47 Å². The van der Waals surface area contributed by atoms with Gasteiger partial charge in [0.15, 0.2) is 0 Å². The van der Waals surface area contributed by atoms with E-state index in [1.807, 2.05) is 30.5 Å². The first kappa shape index (κ1) is 25.4. The van der Waals surface area contributed by atoms with Gasteiger partial charge in [0.1, 0.15) is 11.5 Å². The fraction of sp³-hybridized carbons (Fsp3) is 0.481. The average Bonchev–Trinajstić information content (AvgIpc) is 3.46. The number of morpholine rings is 1. The van der Waals surface area contributed by atoms with Crippen LogP contribution in [0.4, 0.5) is 0 Å². The summed E-state index contributed by atoms with van der Waals surface area (Å²) in [6, 6.07) is 8.64. The van der Waals surface area contributed by atoms with E-state index in [1.165, 1.54) is 11.3 Å². The van der Waals surface area contributed by atoms with Crippen LogP contribution in [0.2, 0.25) is 0 Å². The number of carbonyl (C=O) groups is 2. The van der Waals surface area contributed by atoms with E-state index in [0.29, 0.717) is 30.4 Å². The largest absolute Gasteiger partial charge is 0.507 e. The first-order valence-electron chi connectivity index (χ1n) is 12.2. The van der Waals surface area contributed by atoms with Gasteiger partial charge in [-0.3, -0.25) is 14.5 Å². The third-order valence-corrected chi connectivity index (χ3v) is 7.29. The molecule has 4 rings (SSSR count). The zero-order valence-electron chi connectivity index (χ0n) is 20.7. The van der Waals surface area contributed by atoms with Crippen LogP contribution in [0.25, 0.3) is 5.76 Å². The Morgan fingerprint density at radius 2 is 1.97 bits per heavy atom. The summed E-state index contributed by atoms with van der Waals surface area (Å²) in [4.78, 5) is 31.1. The molecule has 2 aromatic rings. The summed E-state index contributed by atoms with van der Waals surface area (Å²) in [6.45, 7) is 11.1. The summed E-state index contributed by atoms with van der Waals surface area (Å²) in [5.41, 5.74) is 1.48. The van der Waals surface area contributed by atoms with E-state index in [-0.39, 0.29) is 11.3 Å². The zero-order chi connectivity index (χ0) is 24.9. The summed E-state index contributed by atoms with van der Waals surface area (Å²) in [5, 5.41) is 13.3. The molecule has 0 aliphatic carbocycles. The highest BCUT2D eigenvalue weighted by molar-refractivity contribution is 7.10. The number of likely N-dealkylation sites (tertiary alicyclic amines) is 1. The summed E-state index contributed by atoms with van der Waals surface area (Å²) in [5.74, 6) is -0.210. The molecule has 1 aromatic carbocycles. The van der Waals surface area contributed by atoms with Crippen LogP contribution in [-0.4, -0.2) is 72.6 Å². The molecule has 3 heterocycles. The number of hydrogen-bond donors (Lipinski definition) is 1. The van der Waals surface area contributed by atoms with Gasteiger partial charge in [-0.2, -0.15) is 0 Å². The molecule has 0 bridgehead atoms. The Morgan fingerprint density at radius 1 is 1.20 bits per heavy atom. The standard InChI is InChI=1S/C27H34N2O5S/c1-18(2)17-34-20-7-8-21(19(3)16-20)25(30)23-24(22-6-4-15-35-22)29(27(32)26(23)31)10-5-9-28-11-13-33-14-12-28/h4,6-8,15-16,18,24,30H,5,9-14,17H2,1-3H3/b25-23+/t24-/m1/s1. The average molecular weight is 499 g/mol. The number of benzene rings is 1. The molecule has 2 aliphatic rings. The molecule has 35 heavy (non-hydrogen) atoms. The van der Waals surface area contributed by atoms with Gasteiger partial charge in [-0.1, -0.05) is 19.9 Å². The predicted molar refractivity (Wildman–Crippen MR) is 137 cm³/mol. The molecule has 0 radical (unpaired) electrons. The number of amides is 1. The molecular weight excluding hydrogens is 464 g/mol.